The minimum atomic E-state index is -0.666. The Balaban J connectivity index is 1.45. The van der Waals surface area contributed by atoms with Crippen molar-refractivity contribution in [2.45, 2.75) is 0 Å². The van der Waals surface area contributed by atoms with Crippen molar-refractivity contribution in [1.82, 2.24) is 15.1 Å². The fraction of sp³-hybridized carbons (Fsp3) is 0.190. The molecule has 1 amide bonds. The van der Waals surface area contributed by atoms with Crippen LogP contribution in [0.4, 0.5) is 0 Å². The maximum atomic E-state index is 13.0. The lowest BCUT2D eigenvalue weighted by Gasteiger charge is -2.33. The van der Waals surface area contributed by atoms with Crippen molar-refractivity contribution in [1.29, 1.82) is 0 Å². The number of amides is 1. The number of rotatable bonds is 4. The third-order valence-corrected chi connectivity index (χ3v) is 4.74. The number of hydrogen-bond acceptors (Lipinski definition) is 4. The number of nitrogens with one attached hydrogen (secondary N) is 1. The van der Waals surface area contributed by atoms with Gasteiger partial charge in [0.25, 0.3) is 0 Å². The van der Waals surface area contributed by atoms with E-state index in [2.05, 4.69) is 16.2 Å². The van der Waals surface area contributed by atoms with Crippen molar-refractivity contribution in [2.24, 2.45) is 0 Å². The van der Waals surface area contributed by atoms with Crippen LogP contribution in [0.15, 0.2) is 76.2 Å². The van der Waals surface area contributed by atoms with Crippen molar-refractivity contribution < 1.29 is 14.0 Å². The number of carbonyl (C=O) groups is 1. The van der Waals surface area contributed by atoms with Gasteiger partial charge >= 0.3 is 17.2 Å². The first kappa shape index (κ1) is 17.8. The summed E-state index contributed by atoms with van der Waals surface area (Å²) in [6.45, 7) is 2.49. The van der Waals surface area contributed by atoms with Gasteiger partial charge in [-0.1, -0.05) is 48.5 Å². The van der Waals surface area contributed by atoms with Crippen LogP contribution in [0.25, 0.3) is 11.8 Å². The highest BCUT2D eigenvalue weighted by Gasteiger charge is 2.35. The first-order valence-corrected chi connectivity index (χ1v) is 9.18. The van der Waals surface area contributed by atoms with E-state index in [1.54, 1.807) is 17.0 Å². The molecule has 0 saturated carbocycles. The van der Waals surface area contributed by atoms with Gasteiger partial charge in [-0.3, -0.25) is 9.32 Å². The monoisotopic (exact) mass is 377 g/mol. The number of H-pyrrole nitrogens is 1. The van der Waals surface area contributed by atoms with Crippen molar-refractivity contribution in [2.75, 3.05) is 26.2 Å². The molecule has 1 aliphatic heterocycles. The number of aromatic nitrogens is 2. The van der Waals surface area contributed by atoms with Gasteiger partial charge in [0, 0.05) is 38.3 Å². The number of hydrogen-bond donors (Lipinski definition) is 1. The van der Waals surface area contributed by atoms with Gasteiger partial charge in [-0.05, 0) is 27.8 Å². The fourth-order valence-corrected chi connectivity index (χ4v) is 3.19. The molecular formula is C21H21N4O3+. The SMILES string of the molecule is O=C(c1c(=O)o[nH][n+]1-c1ccccc1)N1CCN(/C=C/c2ccccc2)CC1. The summed E-state index contributed by atoms with van der Waals surface area (Å²) >= 11 is 0. The number of aromatic amines is 1. The molecule has 0 bridgehead atoms. The highest BCUT2D eigenvalue weighted by molar-refractivity contribution is 5.90. The largest absolute Gasteiger partial charge is 0.441 e. The summed E-state index contributed by atoms with van der Waals surface area (Å²) in [4.78, 5) is 28.9. The second-order valence-corrected chi connectivity index (χ2v) is 6.55. The maximum Gasteiger partial charge on any atom is 0.441 e. The van der Waals surface area contributed by atoms with Crippen molar-refractivity contribution in [3.05, 3.63) is 88.5 Å². The Hall–Kier alpha value is -3.61. The lowest BCUT2D eigenvalue weighted by Crippen LogP contribution is -2.51. The minimum absolute atomic E-state index is 0.0144. The predicted octanol–water partition coefficient (Wildman–Crippen LogP) is 1.67. The molecule has 1 fully saturated rings. The van der Waals surface area contributed by atoms with Crippen LogP contribution in [0, 0.1) is 0 Å². The molecule has 7 nitrogen and oxygen atoms in total. The topological polar surface area (TPSA) is 73.4 Å². The van der Waals surface area contributed by atoms with E-state index in [0.717, 1.165) is 5.56 Å². The van der Waals surface area contributed by atoms with Crippen LogP contribution in [0.3, 0.4) is 0 Å². The number of piperazine rings is 1. The van der Waals surface area contributed by atoms with E-state index in [-0.39, 0.29) is 11.6 Å². The fourth-order valence-electron chi connectivity index (χ4n) is 3.19. The van der Waals surface area contributed by atoms with Crippen molar-refractivity contribution in [3.63, 3.8) is 0 Å². The molecule has 142 valence electrons. The summed E-state index contributed by atoms with van der Waals surface area (Å²) in [7, 11) is 0. The average molecular weight is 377 g/mol. The van der Waals surface area contributed by atoms with E-state index >= 15 is 0 Å². The molecule has 2 heterocycles. The number of benzene rings is 2. The zero-order valence-electron chi connectivity index (χ0n) is 15.3. The Bertz CT molecular complexity index is 1020. The van der Waals surface area contributed by atoms with Crippen molar-refractivity contribution in [3.8, 4) is 5.69 Å². The first-order valence-electron chi connectivity index (χ1n) is 9.18. The third-order valence-electron chi connectivity index (χ3n) is 4.74. The predicted molar refractivity (Wildman–Crippen MR) is 104 cm³/mol. The molecule has 0 unspecified atom stereocenters. The summed E-state index contributed by atoms with van der Waals surface area (Å²) in [5.41, 5.74) is 1.12. The minimum Gasteiger partial charge on any atom is -0.374 e. The van der Waals surface area contributed by atoms with Gasteiger partial charge in [-0.25, -0.2) is 4.79 Å². The zero-order valence-corrected chi connectivity index (χ0v) is 15.3. The molecule has 2 aromatic carbocycles. The summed E-state index contributed by atoms with van der Waals surface area (Å²) < 4.78 is 6.28. The summed E-state index contributed by atoms with van der Waals surface area (Å²) in [5.74, 6) is -0.328. The molecule has 3 aromatic rings. The van der Waals surface area contributed by atoms with Crippen LogP contribution < -0.4 is 10.3 Å². The first-order chi connectivity index (χ1) is 13.7. The summed E-state index contributed by atoms with van der Waals surface area (Å²) in [6, 6.07) is 19.2. The molecule has 0 spiro atoms. The summed E-state index contributed by atoms with van der Waals surface area (Å²) in [6.07, 6.45) is 4.10. The molecule has 0 aliphatic carbocycles. The molecule has 28 heavy (non-hydrogen) atoms. The maximum absolute atomic E-state index is 13.0. The van der Waals surface area contributed by atoms with Crippen LogP contribution in [-0.4, -0.2) is 47.2 Å². The number of para-hydroxylation sites is 1. The van der Waals surface area contributed by atoms with Gasteiger partial charge in [-0.2, -0.15) is 0 Å². The van der Waals surface area contributed by atoms with Gasteiger partial charge in [-0.15, -0.1) is 0 Å². The second kappa shape index (κ2) is 7.96. The molecule has 0 radical (unpaired) electrons. The molecule has 4 rings (SSSR count). The Morgan fingerprint density at radius 2 is 1.61 bits per heavy atom. The van der Waals surface area contributed by atoms with Crippen LogP contribution in [-0.2, 0) is 0 Å². The smallest absolute Gasteiger partial charge is 0.374 e. The Kier molecular flexibility index (Phi) is 5.05. The van der Waals surface area contributed by atoms with Gasteiger partial charge in [0.2, 0.25) is 5.69 Å². The van der Waals surface area contributed by atoms with E-state index in [4.69, 9.17) is 4.52 Å². The van der Waals surface area contributed by atoms with Crippen LogP contribution in [0.2, 0.25) is 0 Å². The molecule has 1 N–H and O–H groups in total. The number of carbonyl (C=O) groups excluding carboxylic acids is 1. The Labute approximate surface area is 162 Å². The summed E-state index contributed by atoms with van der Waals surface area (Å²) in [5, 5.41) is 2.52. The zero-order chi connectivity index (χ0) is 19.3. The highest BCUT2D eigenvalue weighted by atomic mass is 16.5. The molecule has 0 atom stereocenters. The van der Waals surface area contributed by atoms with E-state index in [1.165, 1.54) is 4.68 Å². The third kappa shape index (κ3) is 3.73. The molecule has 1 saturated heterocycles. The van der Waals surface area contributed by atoms with Gasteiger partial charge < -0.3 is 9.80 Å². The normalized spacial score (nSPS) is 14.6. The molecule has 1 aromatic heterocycles. The van der Waals surface area contributed by atoms with Crippen LogP contribution in [0.5, 0.6) is 0 Å². The second-order valence-electron chi connectivity index (χ2n) is 6.55. The Morgan fingerprint density at radius 1 is 0.964 bits per heavy atom. The van der Waals surface area contributed by atoms with Crippen LogP contribution >= 0.6 is 0 Å². The molecular weight excluding hydrogens is 356 g/mol. The van der Waals surface area contributed by atoms with Crippen molar-refractivity contribution >= 4 is 12.0 Å². The number of nitrogens with zero attached hydrogens (tertiary/aromatic N) is 3. The van der Waals surface area contributed by atoms with E-state index in [9.17, 15) is 9.59 Å². The van der Waals surface area contributed by atoms with Gasteiger partial charge in [0.1, 0.15) is 0 Å². The quantitative estimate of drug-likeness (QED) is 0.702. The van der Waals surface area contributed by atoms with E-state index in [0.29, 0.717) is 31.9 Å². The lowest BCUT2D eigenvalue weighted by atomic mass is 10.2. The lowest BCUT2D eigenvalue weighted by molar-refractivity contribution is -0.672. The average Bonchev–Trinajstić information content (AvgIpc) is 3.15. The van der Waals surface area contributed by atoms with Gasteiger partial charge in [0.05, 0.1) is 0 Å². The Morgan fingerprint density at radius 3 is 2.29 bits per heavy atom. The van der Waals surface area contributed by atoms with E-state index in [1.807, 2.05) is 54.7 Å². The highest BCUT2D eigenvalue weighted by Crippen LogP contribution is 2.08. The molecule has 7 heteroatoms. The standard InChI is InChI=1S/C21H20N4O3/c26-20(19-21(27)28-22-25(19)18-9-5-2-6-10-18)24-15-13-23(14-16-24)12-11-17-7-3-1-4-8-17/h1-12H,13-16H2/p+1/b12-11+. The van der Waals surface area contributed by atoms with Crippen LogP contribution in [0.1, 0.15) is 16.1 Å². The molecule has 1 aliphatic rings. The van der Waals surface area contributed by atoms with E-state index < -0.39 is 5.63 Å². The van der Waals surface area contributed by atoms with Gasteiger partial charge in [0.15, 0.2) is 0 Å².